The molecule has 0 aliphatic carbocycles. The molecule has 2 aromatic rings. The van der Waals surface area contributed by atoms with Crippen molar-refractivity contribution in [2.75, 3.05) is 12.4 Å². The van der Waals surface area contributed by atoms with E-state index >= 15 is 0 Å². The van der Waals surface area contributed by atoms with Gasteiger partial charge in [-0.15, -0.1) is 0 Å². The van der Waals surface area contributed by atoms with Crippen LogP contribution >= 0.6 is 12.2 Å². The normalized spacial score (nSPS) is 9.76. The number of thiocarbonyl (C=S) groups is 1. The monoisotopic (exact) mass is 303 g/mol. The molecule has 3 N–H and O–H groups in total. The quantitative estimate of drug-likeness (QED) is 0.753. The molecular formula is C14H13N3O3S. The maximum atomic E-state index is 11.8. The zero-order chi connectivity index (χ0) is 15.2. The Morgan fingerprint density at radius 3 is 2.52 bits per heavy atom. The van der Waals surface area contributed by atoms with Crippen LogP contribution in [0.3, 0.4) is 0 Å². The van der Waals surface area contributed by atoms with Crippen molar-refractivity contribution < 1.29 is 14.0 Å². The van der Waals surface area contributed by atoms with Gasteiger partial charge in [-0.05, 0) is 36.5 Å². The Morgan fingerprint density at radius 2 is 1.86 bits per heavy atom. The molecule has 21 heavy (non-hydrogen) atoms. The fraction of sp³-hybridized carbons (Fsp3) is 0.0714. The Hall–Kier alpha value is -2.67. The van der Waals surface area contributed by atoms with E-state index in [0.29, 0.717) is 11.3 Å². The van der Waals surface area contributed by atoms with E-state index in [-0.39, 0.29) is 16.8 Å². The maximum Gasteiger partial charge on any atom is 0.293 e. The molecule has 2 rings (SSSR count). The second-order valence-corrected chi connectivity index (χ2v) is 4.42. The number of hydrogen-bond acceptors (Lipinski definition) is 4. The summed E-state index contributed by atoms with van der Waals surface area (Å²) in [5, 5.41) is 7.90. The number of rotatable bonds is 3. The first-order valence-corrected chi connectivity index (χ1v) is 6.49. The summed E-state index contributed by atoms with van der Waals surface area (Å²) >= 11 is 5.05. The Morgan fingerprint density at radius 1 is 1.10 bits per heavy atom. The fourth-order valence-electron chi connectivity index (χ4n) is 1.65. The molecule has 0 bridgehead atoms. The molecule has 1 heterocycles. The summed E-state index contributed by atoms with van der Waals surface area (Å²) in [7, 11) is 1.54. The highest BCUT2D eigenvalue weighted by Crippen LogP contribution is 2.14. The van der Waals surface area contributed by atoms with E-state index in [4.69, 9.17) is 16.6 Å². The van der Waals surface area contributed by atoms with Crippen LogP contribution in [0.25, 0.3) is 0 Å². The largest absolute Gasteiger partial charge is 0.459 e. The van der Waals surface area contributed by atoms with E-state index < -0.39 is 5.91 Å². The average molecular weight is 303 g/mol. The van der Waals surface area contributed by atoms with Crippen LogP contribution in [0.4, 0.5) is 5.69 Å². The summed E-state index contributed by atoms with van der Waals surface area (Å²) in [6.07, 6.45) is 1.40. The van der Waals surface area contributed by atoms with Crippen molar-refractivity contribution in [2.45, 2.75) is 0 Å². The minimum Gasteiger partial charge on any atom is -0.459 e. The Labute approximate surface area is 126 Å². The molecule has 0 saturated heterocycles. The van der Waals surface area contributed by atoms with Crippen molar-refractivity contribution in [1.29, 1.82) is 0 Å². The van der Waals surface area contributed by atoms with Crippen LogP contribution in [0.15, 0.2) is 47.1 Å². The minimum absolute atomic E-state index is 0.0766. The number of carbonyl (C=O) groups excluding carboxylic acids is 2. The van der Waals surface area contributed by atoms with E-state index in [1.165, 1.54) is 19.4 Å². The Balaban J connectivity index is 2.06. The Bertz CT molecular complexity index is 668. The van der Waals surface area contributed by atoms with Gasteiger partial charge in [-0.2, -0.15) is 0 Å². The van der Waals surface area contributed by atoms with E-state index in [1.54, 1.807) is 30.3 Å². The van der Waals surface area contributed by atoms with E-state index in [0.717, 1.165) is 0 Å². The maximum absolute atomic E-state index is 11.8. The van der Waals surface area contributed by atoms with E-state index in [1.807, 2.05) is 0 Å². The van der Waals surface area contributed by atoms with Gasteiger partial charge in [0.2, 0.25) is 0 Å². The van der Waals surface area contributed by atoms with Gasteiger partial charge in [-0.25, -0.2) is 0 Å². The van der Waals surface area contributed by atoms with Gasteiger partial charge in [-0.1, -0.05) is 12.1 Å². The minimum atomic E-state index is -0.463. The lowest BCUT2D eigenvalue weighted by Gasteiger charge is -2.12. The lowest BCUT2D eigenvalue weighted by molar-refractivity contribution is 0.0948. The predicted octanol–water partition coefficient (Wildman–Crippen LogP) is 1.77. The van der Waals surface area contributed by atoms with Gasteiger partial charge in [0.05, 0.1) is 17.5 Å². The zero-order valence-electron chi connectivity index (χ0n) is 11.2. The summed E-state index contributed by atoms with van der Waals surface area (Å²) in [6.45, 7) is 0. The van der Waals surface area contributed by atoms with Gasteiger partial charge >= 0.3 is 0 Å². The third-order valence-corrected chi connectivity index (χ3v) is 2.82. The van der Waals surface area contributed by atoms with Gasteiger partial charge in [0.25, 0.3) is 11.8 Å². The van der Waals surface area contributed by atoms with Crippen LogP contribution in [-0.4, -0.2) is 24.0 Å². The number of nitrogens with one attached hydrogen (secondary N) is 3. The lowest BCUT2D eigenvalue weighted by atomic mass is 10.1. The van der Waals surface area contributed by atoms with Crippen LogP contribution in [-0.2, 0) is 0 Å². The smallest absolute Gasteiger partial charge is 0.293 e. The first-order chi connectivity index (χ1) is 10.1. The van der Waals surface area contributed by atoms with Crippen molar-refractivity contribution in [1.82, 2.24) is 10.6 Å². The molecule has 0 aliphatic heterocycles. The summed E-state index contributed by atoms with van der Waals surface area (Å²) < 4.78 is 4.96. The molecule has 0 saturated carbocycles. The van der Waals surface area contributed by atoms with Gasteiger partial charge in [0.1, 0.15) is 0 Å². The second-order valence-electron chi connectivity index (χ2n) is 4.01. The summed E-state index contributed by atoms with van der Waals surface area (Å²) in [4.78, 5) is 23.5. The number of benzene rings is 1. The van der Waals surface area contributed by atoms with Gasteiger partial charge in [0, 0.05) is 7.05 Å². The molecule has 0 spiro atoms. The number of hydrogen-bond donors (Lipinski definition) is 3. The van der Waals surface area contributed by atoms with Crippen LogP contribution in [0.1, 0.15) is 20.9 Å². The van der Waals surface area contributed by atoms with Crippen molar-refractivity contribution in [3.05, 3.63) is 54.0 Å². The Kier molecular flexibility index (Phi) is 4.68. The molecule has 6 nitrogen and oxygen atoms in total. The summed E-state index contributed by atoms with van der Waals surface area (Å²) in [5.74, 6) is -0.563. The van der Waals surface area contributed by atoms with Crippen molar-refractivity contribution in [2.24, 2.45) is 0 Å². The highest BCUT2D eigenvalue weighted by molar-refractivity contribution is 7.80. The second kappa shape index (κ2) is 6.67. The lowest BCUT2D eigenvalue weighted by Crippen LogP contribution is -2.34. The standard InChI is InChI=1S/C14H13N3O3S/c1-15-12(18)9-5-2-3-6-10(9)16-14(21)17-13(19)11-7-4-8-20-11/h2-8H,1H3,(H,15,18)(H2,16,17,19,21). The highest BCUT2D eigenvalue weighted by atomic mass is 32.1. The third-order valence-electron chi connectivity index (χ3n) is 2.62. The van der Waals surface area contributed by atoms with Crippen molar-refractivity contribution in [3.8, 4) is 0 Å². The van der Waals surface area contributed by atoms with Crippen molar-refractivity contribution >= 4 is 34.8 Å². The van der Waals surface area contributed by atoms with Crippen LogP contribution < -0.4 is 16.0 Å². The van der Waals surface area contributed by atoms with Gasteiger partial charge in [0.15, 0.2) is 10.9 Å². The van der Waals surface area contributed by atoms with E-state index in [9.17, 15) is 9.59 Å². The molecule has 108 valence electrons. The first-order valence-electron chi connectivity index (χ1n) is 6.08. The molecule has 0 aliphatic rings. The summed E-state index contributed by atoms with van der Waals surface area (Å²) in [6, 6.07) is 9.96. The fourth-order valence-corrected chi connectivity index (χ4v) is 1.85. The number of furan rings is 1. The van der Waals surface area contributed by atoms with Gasteiger partial charge < -0.3 is 15.1 Å². The summed E-state index contributed by atoms with van der Waals surface area (Å²) in [5.41, 5.74) is 0.927. The zero-order valence-corrected chi connectivity index (χ0v) is 12.0. The van der Waals surface area contributed by atoms with Gasteiger partial charge in [-0.3, -0.25) is 14.9 Å². The van der Waals surface area contributed by atoms with Crippen LogP contribution in [0, 0.1) is 0 Å². The third kappa shape index (κ3) is 3.67. The number of amides is 2. The molecular weight excluding hydrogens is 290 g/mol. The van der Waals surface area contributed by atoms with Crippen LogP contribution in [0.2, 0.25) is 0 Å². The molecule has 0 radical (unpaired) electrons. The number of anilines is 1. The van der Waals surface area contributed by atoms with E-state index in [2.05, 4.69) is 16.0 Å². The molecule has 1 aromatic heterocycles. The molecule has 1 aromatic carbocycles. The van der Waals surface area contributed by atoms with Crippen LogP contribution in [0.5, 0.6) is 0 Å². The van der Waals surface area contributed by atoms with Crippen molar-refractivity contribution in [3.63, 3.8) is 0 Å². The first kappa shape index (κ1) is 14.7. The molecule has 2 amide bonds. The molecule has 0 atom stereocenters. The topological polar surface area (TPSA) is 83.4 Å². The highest BCUT2D eigenvalue weighted by Gasteiger charge is 2.13. The molecule has 0 fully saturated rings. The SMILES string of the molecule is CNC(=O)c1ccccc1NC(=S)NC(=O)c1ccco1. The number of para-hydroxylation sites is 1. The number of carbonyl (C=O) groups is 2. The molecule has 0 unspecified atom stereocenters. The predicted molar refractivity (Wildman–Crippen MR) is 82.2 cm³/mol. The molecule has 7 heteroatoms. The average Bonchev–Trinajstić information content (AvgIpc) is 3.01.